The van der Waals surface area contributed by atoms with Crippen LogP contribution in [0.3, 0.4) is 0 Å². The van der Waals surface area contributed by atoms with Gasteiger partial charge in [-0.05, 0) is 12.8 Å². The summed E-state index contributed by atoms with van der Waals surface area (Å²) in [4.78, 5) is 94.1. The third-order valence-corrected chi connectivity index (χ3v) is 8.48. The molecule has 2 heterocycles. The molecule has 17 nitrogen and oxygen atoms in total. The van der Waals surface area contributed by atoms with Gasteiger partial charge in [0.2, 0.25) is 11.8 Å². The Balaban J connectivity index is 2.08. The van der Waals surface area contributed by atoms with Gasteiger partial charge in [0.05, 0.1) is 26.2 Å². The number of hydrogen-bond donors (Lipinski definition) is 4. The van der Waals surface area contributed by atoms with E-state index in [1.807, 2.05) is 4.90 Å². The van der Waals surface area contributed by atoms with Gasteiger partial charge < -0.3 is 30.2 Å². The molecule has 0 spiro atoms. The maximum absolute atomic E-state index is 13.4. The topological polar surface area (TPSA) is 220 Å². The Bertz CT molecular complexity index is 1080. The van der Waals surface area contributed by atoms with Crippen molar-refractivity contribution < 1.29 is 54.0 Å². The number of rotatable bonds is 15. The smallest absolute Gasteiger partial charge is 0.323 e. The third kappa shape index (κ3) is 15.2. The summed E-state index contributed by atoms with van der Waals surface area (Å²) >= 11 is 0. The van der Waals surface area contributed by atoms with E-state index in [0.717, 1.165) is 0 Å². The molecular weight excluding hydrogens is 620 g/mol. The van der Waals surface area contributed by atoms with Crippen molar-refractivity contribution in [2.75, 3.05) is 98.2 Å². The number of nitrogens with zero attached hydrogens (tertiary/aromatic N) is 6. The van der Waals surface area contributed by atoms with Gasteiger partial charge in [-0.3, -0.25) is 53.2 Å². The SMILES string of the molecule is CC(C)C(=O)CCC(=O)N(CC(=O)O)C1CCN(C(=O)CN2CCN(CC(=O)O)CCN(CC(=O)O)CCN(CC(=O)O)CC2)CC1. The Hall–Kier alpha value is -3.67. The molecule has 2 aliphatic rings. The van der Waals surface area contributed by atoms with Crippen molar-refractivity contribution in [1.29, 1.82) is 0 Å². The highest BCUT2D eigenvalue weighted by atomic mass is 16.4. The van der Waals surface area contributed by atoms with E-state index < -0.39 is 42.4 Å². The zero-order valence-electron chi connectivity index (χ0n) is 27.4. The number of piperidine rings is 1. The molecule has 0 aliphatic carbocycles. The first kappa shape index (κ1) is 39.5. The van der Waals surface area contributed by atoms with Crippen LogP contribution in [-0.4, -0.2) is 196 Å². The number of carboxylic acid groups (broad SMARTS) is 4. The number of amides is 2. The van der Waals surface area contributed by atoms with Crippen LogP contribution in [-0.2, 0) is 33.6 Å². The quantitative estimate of drug-likeness (QED) is 0.154. The summed E-state index contributed by atoms with van der Waals surface area (Å²) in [6, 6.07) is -0.395. The van der Waals surface area contributed by atoms with E-state index in [2.05, 4.69) is 0 Å². The highest BCUT2D eigenvalue weighted by Crippen LogP contribution is 2.19. The summed E-state index contributed by atoms with van der Waals surface area (Å²) in [5.41, 5.74) is 0. The number of hydrogen-bond acceptors (Lipinski definition) is 11. The second-order valence-corrected chi connectivity index (χ2v) is 12.4. The van der Waals surface area contributed by atoms with E-state index in [0.29, 0.717) is 39.0 Å². The summed E-state index contributed by atoms with van der Waals surface area (Å²) in [6.45, 7) is 5.03. The molecule has 2 saturated heterocycles. The van der Waals surface area contributed by atoms with Gasteiger partial charge in [0.1, 0.15) is 12.3 Å². The highest BCUT2D eigenvalue weighted by Gasteiger charge is 2.32. The molecule has 2 aliphatic heterocycles. The Morgan fingerprint density at radius 3 is 1.30 bits per heavy atom. The largest absolute Gasteiger partial charge is 0.480 e. The zero-order valence-corrected chi connectivity index (χ0v) is 27.4. The molecule has 2 amide bonds. The lowest BCUT2D eigenvalue weighted by molar-refractivity contribution is -0.148. The fourth-order valence-electron chi connectivity index (χ4n) is 5.73. The van der Waals surface area contributed by atoms with Gasteiger partial charge >= 0.3 is 23.9 Å². The lowest BCUT2D eigenvalue weighted by Gasteiger charge is -2.39. The minimum Gasteiger partial charge on any atom is -0.480 e. The van der Waals surface area contributed by atoms with Crippen molar-refractivity contribution >= 4 is 41.5 Å². The van der Waals surface area contributed by atoms with Crippen molar-refractivity contribution in [3.8, 4) is 0 Å². The fourth-order valence-corrected chi connectivity index (χ4v) is 5.73. The van der Waals surface area contributed by atoms with Crippen molar-refractivity contribution in [1.82, 2.24) is 29.4 Å². The van der Waals surface area contributed by atoms with Crippen molar-refractivity contribution in [2.45, 2.75) is 45.6 Å². The van der Waals surface area contributed by atoms with Gasteiger partial charge in [-0.25, -0.2) is 0 Å². The monoisotopic (exact) mass is 670 g/mol. The molecule has 0 aromatic heterocycles. The number of carboxylic acids is 4. The normalized spacial score (nSPS) is 18.7. The van der Waals surface area contributed by atoms with E-state index in [1.54, 1.807) is 33.4 Å². The predicted molar refractivity (Wildman–Crippen MR) is 167 cm³/mol. The molecule has 0 aromatic rings. The van der Waals surface area contributed by atoms with E-state index in [-0.39, 0.29) is 95.9 Å². The minimum absolute atomic E-state index is 0.00723. The highest BCUT2D eigenvalue weighted by molar-refractivity contribution is 5.87. The van der Waals surface area contributed by atoms with Gasteiger partial charge in [-0.2, -0.15) is 0 Å². The molecule has 0 aromatic carbocycles. The van der Waals surface area contributed by atoms with Gasteiger partial charge in [0, 0.05) is 90.2 Å². The summed E-state index contributed by atoms with van der Waals surface area (Å²) in [5, 5.41) is 37.6. The van der Waals surface area contributed by atoms with Gasteiger partial charge in [0.25, 0.3) is 0 Å². The van der Waals surface area contributed by atoms with Crippen LogP contribution in [0, 0.1) is 5.92 Å². The number of ketones is 1. The average Bonchev–Trinajstić information content (AvgIpc) is 2.98. The van der Waals surface area contributed by atoms with Crippen LogP contribution < -0.4 is 0 Å². The molecule has 0 saturated carbocycles. The standard InChI is InChI=1S/C30H50N6O11/c1-22(2)24(37)3-4-25(38)36(21-30(46)47)23-5-7-35(8-6-23)26(39)17-31-9-11-32(18-27(40)41)13-15-34(20-29(44)45)16-14-33(12-10-31)19-28(42)43/h22-23H,3-21H2,1-2H3,(H,40,41)(H,42,43)(H,44,45)(H,46,47). The van der Waals surface area contributed by atoms with Crippen molar-refractivity contribution in [3.05, 3.63) is 0 Å². The molecule has 0 atom stereocenters. The zero-order chi connectivity index (χ0) is 35.1. The van der Waals surface area contributed by atoms with Gasteiger partial charge in [-0.15, -0.1) is 0 Å². The average molecular weight is 671 g/mol. The number of aliphatic carboxylic acids is 4. The maximum Gasteiger partial charge on any atom is 0.323 e. The maximum atomic E-state index is 13.4. The summed E-state index contributed by atoms with van der Waals surface area (Å²) < 4.78 is 0. The fraction of sp³-hybridized carbons (Fsp3) is 0.767. The number of likely N-dealkylation sites (tertiary alicyclic amines) is 1. The lowest BCUT2D eigenvalue weighted by atomic mass is 10.0. The van der Waals surface area contributed by atoms with E-state index in [4.69, 9.17) is 0 Å². The first-order valence-corrected chi connectivity index (χ1v) is 16.0. The van der Waals surface area contributed by atoms with Gasteiger partial charge in [0.15, 0.2) is 0 Å². The van der Waals surface area contributed by atoms with Crippen LogP contribution in [0.2, 0.25) is 0 Å². The molecule has 266 valence electrons. The van der Waals surface area contributed by atoms with Crippen LogP contribution in [0.1, 0.15) is 39.5 Å². The summed E-state index contributed by atoms with van der Waals surface area (Å²) in [6.07, 6.45) is 0.699. The number of carbonyl (C=O) groups is 7. The Kier molecular flexibility index (Phi) is 16.7. The Morgan fingerprint density at radius 1 is 0.574 bits per heavy atom. The molecular formula is C30H50N6O11. The molecule has 47 heavy (non-hydrogen) atoms. The van der Waals surface area contributed by atoms with Crippen molar-refractivity contribution in [2.24, 2.45) is 5.92 Å². The van der Waals surface area contributed by atoms with Crippen LogP contribution >= 0.6 is 0 Å². The Labute approximate surface area is 274 Å². The second kappa shape index (κ2) is 19.9. The first-order valence-electron chi connectivity index (χ1n) is 16.0. The predicted octanol–water partition coefficient (Wildman–Crippen LogP) is -1.63. The molecule has 0 bridgehead atoms. The molecule has 0 unspecified atom stereocenters. The van der Waals surface area contributed by atoms with Crippen LogP contribution in [0.15, 0.2) is 0 Å². The van der Waals surface area contributed by atoms with Crippen LogP contribution in [0.25, 0.3) is 0 Å². The first-order chi connectivity index (χ1) is 22.1. The second-order valence-electron chi connectivity index (χ2n) is 12.4. The Morgan fingerprint density at radius 2 is 0.957 bits per heavy atom. The van der Waals surface area contributed by atoms with Crippen molar-refractivity contribution in [3.63, 3.8) is 0 Å². The van der Waals surface area contributed by atoms with Crippen LogP contribution in [0.4, 0.5) is 0 Å². The summed E-state index contributed by atoms with van der Waals surface area (Å²) in [7, 11) is 0. The third-order valence-electron chi connectivity index (χ3n) is 8.48. The lowest BCUT2D eigenvalue weighted by Crippen LogP contribution is -2.53. The van der Waals surface area contributed by atoms with Crippen LogP contribution in [0.5, 0.6) is 0 Å². The molecule has 0 radical (unpaired) electrons. The molecule has 2 rings (SSSR count). The minimum atomic E-state index is -1.16. The number of carbonyl (C=O) groups excluding carboxylic acids is 3. The van der Waals surface area contributed by atoms with E-state index in [9.17, 15) is 54.0 Å². The van der Waals surface area contributed by atoms with E-state index >= 15 is 0 Å². The molecule has 4 N–H and O–H groups in total. The van der Waals surface area contributed by atoms with E-state index in [1.165, 1.54) is 4.90 Å². The molecule has 2 fully saturated rings. The van der Waals surface area contributed by atoms with Gasteiger partial charge in [-0.1, -0.05) is 13.8 Å². The number of Topliss-reactive ketones (excluding diaryl/α,β-unsaturated/α-hetero) is 1. The molecule has 17 heteroatoms. The summed E-state index contributed by atoms with van der Waals surface area (Å²) in [5.74, 6) is -5.19.